The van der Waals surface area contributed by atoms with Crippen molar-refractivity contribution in [3.05, 3.63) is 35.6 Å². The zero-order valence-electron chi connectivity index (χ0n) is 16.2. The number of nitrogens with one attached hydrogen (secondary N) is 4. The standard InChI is InChI=1S/C19H29FN6O2/c1-25-6-5-21-17(12-25)18-8-16(24-28-18)19(27)23-15-9-22-26(11-15)10-13-3-2-4-14(20)7-13/h2-4,7,15-18,21-22,24H,5-6,8-12H2,1H3,(H,23,27). The molecule has 0 aliphatic carbocycles. The molecule has 1 aromatic rings. The van der Waals surface area contributed by atoms with Gasteiger partial charge in [-0.25, -0.2) is 9.40 Å². The van der Waals surface area contributed by atoms with E-state index < -0.39 is 0 Å². The highest BCUT2D eigenvalue weighted by molar-refractivity contribution is 5.82. The number of hydrogen-bond acceptors (Lipinski definition) is 7. The molecule has 4 atom stereocenters. The lowest BCUT2D eigenvalue weighted by Crippen LogP contribution is -2.54. The van der Waals surface area contributed by atoms with Crippen molar-refractivity contribution in [2.75, 3.05) is 39.8 Å². The molecule has 3 fully saturated rings. The summed E-state index contributed by atoms with van der Waals surface area (Å²) in [5.41, 5.74) is 7.07. The Balaban J connectivity index is 1.22. The largest absolute Gasteiger partial charge is 0.349 e. The van der Waals surface area contributed by atoms with Gasteiger partial charge in [-0.3, -0.25) is 15.1 Å². The number of halogens is 1. The third-order valence-electron chi connectivity index (χ3n) is 5.61. The van der Waals surface area contributed by atoms with E-state index in [1.54, 1.807) is 6.07 Å². The van der Waals surface area contributed by atoms with Crippen LogP contribution < -0.4 is 21.5 Å². The van der Waals surface area contributed by atoms with Crippen LogP contribution in [0.3, 0.4) is 0 Å². The molecule has 0 radical (unpaired) electrons. The second kappa shape index (κ2) is 8.81. The number of carbonyl (C=O) groups excluding carboxylic acids is 1. The van der Waals surface area contributed by atoms with Gasteiger partial charge in [0.1, 0.15) is 11.9 Å². The summed E-state index contributed by atoms with van der Waals surface area (Å²) < 4.78 is 13.3. The summed E-state index contributed by atoms with van der Waals surface area (Å²) in [6, 6.07) is 6.49. The number of hydrazine groups is 1. The molecular weight excluding hydrogens is 363 g/mol. The Morgan fingerprint density at radius 1 is 1.39 bits per heavy atom. The van der Waals surface area contributed by atoms with Gasteiger partial charge in [0, 0.05) is 51.7 Å². The average Bonchev–Trinajstić information content (AvgIpc) is 3.32. The highest BCUT2D eigenvalue weighted by Gasteiger charge is 2.38. The van der Waals surface area contributed by atoms with Crippen LogP contribution in [0, 0.1) is 5.82 Å². The van der Waals surface area contributed by atoms with Crippen molar-refractivity contribution in [1.82, 2.24) is 31.4 Å². The predicted octanol–water partition coefficient (Wildman–Crippen LogP) is -0.804. The summed E-state index contributed by atoms with van der Waals surface area (Å²) in [5.74, 6) is -0.270. The van der Waals surface area contributed by atoms with Gasteiger partial charge in [-0.05, 0) is 24.7 Å². The van der Waals surface area contributed by atoms with Crippen LogP contribution in [0.5, 0.6) is 0 Å². The van der Waals surface area contributed by atoms with Crippen LogP contribution in [0.2, 0.25) is 0 Å². The first-order chi connectivity index (χ1) is 13.6. The van der Waals surface area contributed by atoms with E-state index in [1.165, 1.54) is 12.1 Å². The average molecular weight is 392 g/mol. The van der Waals surface area contributed by atoms with Crippen LogP contribution in [0.15, 0.2) is 24.3 Å². The van der Waals surface area contributed by atoms with Gasteiger partial charge in [-0.2, -0.15) is 5.48 Å². The van der Waals surface area contributed by atoms with Gasteiger partial charge in [0.25, 0.3) is 0 Å². The van der Waals surface area contributed by atoms with Gasteiger partial charge in [0.15, 0.2) is 0 Å². The molecule has 3 saturated heterocycles. The van der Waals surface area contributed by atoms with Gasteiger partial charge in [-0.1, -0.05) is 12.1 Å². The van der Waals surface area contributed by atoms with Crippen LogP contribution in [0.4, 0.5) is 4.39 Å². The second-order valence-corrected chi connectivity index (χ2v) is 7.96. The Hall–Kier alpha value is -1.62. The number of nitrogens with zero attached hydrogens (tertiary/aromatic N) is 2. The smallest absolute Gasteiger partial charge is 0.239 e. The van der Waals surface area contributed by atoms with Gasteiger partial charge < -0.3 is 15.5 Å². The van der Waals surface area contributed by atoms with E-state index in [9.17, 15) is 9.18 Å². The van der Waals surface area contributed by atoms with E-state index in [2.05, 4.69) is 33.5 Å². The van der Waals surface area contributed by atoms with Crippen molar-refractivity contribution in [3.8, 4) is 0 Å². The predicted molar refractivity (Wildman–Crippen MR) is 102 cm³/mol. The van der Waals surface area contributed by atoms with Crippen molar-refractivity contribution < 1.29 is 14.0 Å². The number of carbonyl (C=O) groups is 1. The number of hydroxylamine groups is 1. The molecule has 0 bridgehead atoms. The van der Waals surface area contributed by atoms with Gasteiger partial charge in [0.05, 0.1) is 12.1 Å². The summed E-state index contributed by atoms with van der Waals surface area (Å²) in [5, 5.41) is 8.57. The number of rotatable bonds is 5. The van der Waals surface area contributed by atoms with Gasteiger partial charge in [0.2, 0.25) is 5.91 Å². The number of benzene rings is 1. The number of hydrogen-bond donors (Lipinski definition) is 4. The molecule has 4 unspecified atom stereocenters. The molecule has 8 nitrogen and oxygen atoms in total. The lowest BCUT2D eigenvalue weighted by molar-refractivity contribution is -0.125. The molecule has 3 aliphatic heterocycles. The van der Waals surface area contributed by atoms with Crippen molar-refractivity contribution in [3.63, 3.8) is 0 Å². The maximum Gasteiger partial charge on any atom is 0.239 e. The summed E-state index contributed by atoms with van der Waals surface area (Å²) in [6.45, 7) is 4.82. The minimum atomic E-state index is -0.337. The van der Waals surface area contributed by atoms with Crippen LogP contribution >= 0.6 is 0 Å². The maximum atomic E-state index is 13.3. The Kier molecular flexibility index (Phi) is 6.19. The molecular formula is C19H29FN6O2. The van der Waals surface area contributed by atoms with E-state index in [1.807, 2.05) is 11.1 Å². The van der Waals surface area contributed by atoms with Crippen molar-refractivity contribution >= 4 is 5.91 Å². The molecule has 28 heavy (non-hydrogen) atoms. The molecule has 1 aromatic carbocycles. The third kappa shape index (κ3) is 4.86. The van der Waals surface area contributed by atoms with Crippen molar-refractivity contribution in [1.29, 1.82) is 0 Å². The Labute approximate surface area is 164 Å². The van der Waals surface area contributed by atoms with Crippen molar-refractivity contribution in [2.24, 2.45) is 0 Å². The monoisotopic (exact) mass is 392 g/mol. The van der Waals surface area contributed by atoms with Gasteiger partial charge in [-0.15, -0.1) is 0 Å². The summed E-state index contributed by atoms with van der Waals surface area (Å²) in [7, 11) is 2.10. The minimum Gasteiger partial charge on any atom is -0.349 e. The SMILES string of the molecule is CN1CCNC(C2CC(C(=O)NC3CNN(Cc4cccc(F)c4)C3)NO2)C1. The number of piperazine rings is 1. The number of likely N-dealkylation sites (N-methyl/N-ethyl adjacent to an activating group) is 1. The third-order valence-corrected chi connectivity index (χ3v) is 5.61. The molecule has 3 aliphatic rings. The zero-order chi connectivity index (χ0) is 19.5. The Morgan fingerprint density at radius 3 is 3.11 bits per heavy atom. The minimum absolute atomic E-state index is 0.00956. The Morgan fingerprint density at radius 2 is 2.29 bits per heavy atom. The maximum absolute atomic E-state index is 13.3. The zero-order valence-corrected chi connectivity index (χ0v) is 16.2. The van der Waals surface area contributed by atoms with E-state index in [4.69, 9.17) is 4.84 Å². The van der Waals surface area contributed by atoms with Crippen LogP contribution in [0.25, 0.3) is 0 Å². The van der Waals surface area contributed by atoms with E-state index in [-0.39, 0.29) is 36.0 Å². The lowest BCUT2D eigenvalue weighted by atomic mass is 10.0. The summed E-state index contributed by atoms with van der Waals surface area (Å²) in [6.07, 6.45) is 0.648. The van der Waals surface area contributed by atoms with Crippen LogP contribution in [-0.4, -0.2) is 79.8 Å². The molecule has 1 amide bonds. The fourth-order valence-electron chi connectivity index (χ4n) is 4.10. The van der Waals surface area contributed by atoms with Crippen LogP contribution in [-0.2, 0) is 16.2 Å². The lowest BCUT2D eigenvalue weighted by Gasteiger charge is -2.33. The molecule has 3 heterocycles. The van der Waals surface area contributed by atoms with Crippen LogP contribution in [0.1, 0.15) is 12.0 Å². The van der Waals surface area contributed by atoms with E-state index >= 15 is 0 Å². The highest BCUT2D eigenvalue weighted by Crippen LogP contribution is 2.17. The molecule has 4 rings (SSSR count). The van der Waals surface area contributed by atoms with Crippen molar-refractivity contribution in [2.45, 2.75) is 37.2 Å². The molecule has 9 heteroatoms. The molecule has 154 valence electrons. The summed E-state index contributed by atoms with van der Waals surface area (Å²) >= 11 is 0. The highest BCUT2D eigenvalue weighted by atomic mass is 19.1. The molecule has 4 N–H and O–H groups in total. The fourth-order valence-corrected chi connectivity index (χ4v) is 4.10. The molecule has 0 spiro atoms. The first-order valence-corrected chi connectivity index (χ1v) is 9.93. The topological polar surface area (TPSA) is 80.9 Å². The Bertz CT molecular complexity index is 692. The fraction of sp³-hybridized carbons (Fsp3) is 0.632. The summed E-state index contributed by atoms with van der Waals surface area (Å²) in [4.78, 5) is 20.6. The number of amides is 1. The second-order valence-electron chi connectivity index (χ2n) is 7.96. The molecule has 0 aromatic heterocycles. The quantitative estimate of drug-likeness (QED) is 0.522. The van der Waals surface area contributed by atoms with Gasteiger partial charge >= 0.3 is 0 Å². The first kappa shape index (κ1) is 19.7. The van der Waals surface area contributed by atoms with E-state index in [0.29, 0.717) is 26.1 Å². The first-order valence-electron chi connectivity index (χ1n) is 9.93. The van der Waals surface area contributed by atoms with E-state index in [0.717, 1.165) is 25.2 Å². The molecule has 0 saturated carbocycles. The normalized spacial score (nSPS) is 31.9.